The molecule has 3 heteroatoms. The van der Waals surface area contributed by atoms with E-state index in [1.807, 2.05) is 18.2 Å². The average Bonchev–Trinajstić information content (AvgIpc) is 2.69. The molecule has 2 aromatic rings. The summed E-state index contributed by atoms with van der Waals surface area (Å²) in [6.45, 7) is 4.50. The fraction of sp³-hybridized carbons (Fsp3) is 0.480. The molecule has 0 aliphatic heterocycles. The Morgan fingerprint density at radius 1 is 0.929 bits per heavy atom. The number of nitrogens with one attached hydrogen (secondary N) is 2. The highest BCUT2D eigenvalue weighted by molar-refractivity contribution is 5.90. The maximum absolute atomic E-state index is 12.4. The average molecular weight is 379 g/mol. The number of amides is 2. The van der Waals surface area contributed by atoms with Crippen LogP contribution in [0.4, 0.5) is 10.5 Å². The third kappa shape index (κ3) is 6.40. The van der Waals surface area contributed by atoms with Crippen LogP contribution in [0.3, 0.4) is 0 Å². The van der Waals surface area contributed by atoms with E-state index < -0.39 is 0 Å². The van der Waals surface area contributed by atoms with Crippen LogP contribution in [0.15, 0.2) is 48.5 Å². The molecule has 1 fully saturated rings. The number of aryl methyl sites for hydroxylation is 2. The van der Waals surface area contributed by atoms with Gasteiger partial charge >= 0.3 is 6.03 Å². The van der Waals surface area contributed by atoms with Gasteiger partial charge in [-0.2, -0.15) is 0 Å². The smallest absolute Gasteiger partial charge is 0.319 e. The Morgan fingerprint density at radius 3 is 2.32 bits per heavy atom. The fourth-order valence-electron chi connectivity index (χ4n) is 4.04. The summed E-state index contributed by atoms with van der Waals surface area (Å²) in [5, 5.41) is 6.21. The van der Waals surface area contributed by atoms with E-state index in [0.29, 0.717) is 12.0 Å². The van der Waals surface area contributed by atoms with E-state index in [9.17, 15) is 4.79 Å². The third-order valence-electron chi connectivity index (χ3n) is 5.56. The maximum Gasteiger partial charge on any atom is 0.319 e. The molecule has 2 amide bonds. The van der Waals surface area contributed by atoms with Crippen molar-refractivity contribution in [3.05, 3.63) is 65.2 Å². The lowest BCUT2D eigenvalue weighted by atomic mass is 9.96. The molecule has 3 rings (SSSR count). The molecule has 2 aromatic carbocycles. The van der Waals surface area contributed by atoms with Gasteiger partial charge in [0.2, 0.25) is 0 Å². The van der Waals surface area contributed by atoms with Crippen molar-refractivity contribution >= 4 is 11.7 Å². The molecule has 150 valence electrons. The molecular weight excluding hydrogens is 344 g/mol. The molecule has 0 aromatic heterocycles. The highest BCUT2D eigenvalue weighted by Gasteiger charge is 2.16. The molecule has 3 nitrogen and oxygen atoms in total. The van der Waals surface area contributed by atoms with Crippen molar-refractivity contribution in [1.82, 2.24) is 5.32 Å². The topological polar surface area (TPSA) is 41.1 Å². The molecule has 0 heterocycles. The predicted molar refractivity (Wildman–Crippen MR) is 118 cm³/mol. The summed E-state index contributed by atoms with van der Waals surface area (Å²) < 4.78 is 0. The second-order valence-corrected chi connectivity index (χ2v) is 8.51. The van der Waals surface area contributed by atoms with Gasteiger partial charge in [0.05, 0.1) is 0 Å². The molecule has 1 saturated carbocycles. The zero-order valence-corrected chi connectivity index (χ0v) is 17.3. The lowest BCUT2D eigenvalue weighted by Gasteiger charge is -2.23. The zero-order valence-electron chi connectivity index (χ0n) is 17.3. The first-order valence-electron chi connectivity index (χ1n) is 10.8. The predicted octanol–water partition coefficient (Wildman–Crippen LogP) is 6.12. The molecule has 0 saturated heterocycles. The highest BCUT2D eigenvalue weighted by atomic mass is 16.2. The molecule has 1 aliphatic carbocycles. The van der Waals surface area contributed by atoms with Gasteiger partial charge in [-0.1, -0.05) is 75.6 Å². The molecular formula is C25H34N2O. The Balaban J connectivity index is 1.55. The van der Waals surface area contributed by atoms with Gasteiger partial charge in [0, 0.05) is 11.7 Å². The van der Waals surface area contributed by atoms with Crippen LogP contribution in [0.25, 0.3) is 0 Å². The molecule has 0 spiro atoms. The van der Waals surface area contributed by atoms with E-state index in [1.165, 1.54) is 36.0 Å². The van der Waals surface area contributed by atoms with Crippen LogP contribution in [-0.2, 0) is 19.3 Å². The molecule has 28 heavy (non-hydrogen) atoms. The highest BCUT2D eigenvalue weighted by Crippen LogP contribution is 2.20. The SMILES string of the molecule is CC(C)Cc1ccc(CCc2ccccc2NC(=O)NC2CCCCC2)cc1. The van der Waals surface area contributed by atoms with Crippen molar-refractivity contribution in [2.24, 2.45) is 5.92 Å². The Labute approximate surface area is 169 Å². The lowest BCUT2D eigenvalue weighted by Crippen LogP contribution is -2.39. The fourth-order valence-corrected chi connectivity index (χ4v) is 4.04. The largest absolute Gasteiger partial charge is 0.335 e. The minimum atomic E-state index is -0.0719. The summed E-state index contributed by atoms with van der Waals surface area (Å²) in [5.41, 5.74) is 4.86. The number of hydrogen-bond acceptors (Lipinski definition) is 1. The van der Waals surface area contributed by atoms with Gasteiger partial charge in [0.15, 0.2) is 0 Å². The van der Waals surface area contributed by atoms with E-state index in [-0.39, 0.29) is 6.03 Å². The van der Waals surface area contributed by atoms with Crippen molar-refractivity contribution < 1.29 is 4.79 Å². The Hall–Kier alpha value is -2.29. The van der Waals surface area contributed by atoms with Crippen LogP contribution >= 0.6 is 0 Å². The van der Waals surface area contributed by atoms with Crippen LogP contribution in [0, 0.1) is 5.92 Å². The lowest BCUT2D eigenvalue weighted by molar-refractivity contribution is 0.244. The molecule has 0 unspecified atom stereocenters. The molecule has 1 aliphatic rings. The molecule has 0 atom stereocenters. The first kappa shape index (κ1) is 20.4. The van der Waals surface area contributed by atoms with Crippen LogP contribution in [0.2, 0.25) is 0 Å². The number of anilines is 1. The van der Waals surface area contributed by atoms with Gasteiger partial charge in [0.1, 0.15) is 0 Å². The van der Waals surface area contributed by atoms with E-state index in [4.69, 9.17) is 0 Å². The number of rotatable bonds is 7. The van der Waals surface area contributed by atoms with Gasteiger partial charge in [-0.05, 0) is 60.8 Å². The third-order valence-corrected chi connectivity index (χ3v) is 5.56. The molecule has 2 N–H and O–H groups in total. The van der Waals surface area contributed by atoms with Crippen LogP contribution in [0.5, 0.6) is 0 Å². The summed E-state index contributed by atoms with van der Waals surface area (Å²) in [7, 11) is 0. The number of para-hydroxylation sites is 1. The van der Waals surface area contributed by atoms with Crippen molar-refractivity contribution in [3.8, 4) is 0 Å². The number of hydrogen-bond donors (Lipinski definition) is 2. The number of carbonyl (C=O) groups excluding carboxylic acids is 1. The standard InChI is InChI=1S/C25H34N2O/c1-19(2)18-21-14-12-20(13-15-21)16-17-22-8-6-7-11-24(22)27-25(28)26-23-9-4-3-5-10-23/h6-8,11-15,19,23H,3-5,9-10,16-18H2,1-2H3,(H2,26,27,28). The van der Waals surface area contributed by atoms with Gasteiger partial charge in [-0.3, -0.25) is 0 Å². The summed E-state index contributed by atoms with van der Waals surface area (Å²) in [5.74, 6) is 0.684. The van der Waals surface area contributed by atoms with Gasteiger partial charge in [0.25, 0.3) is 0 Å². The maximum atomic E-state index is 12.4. The minimum Gasteiger partial charge on any atom is -0.335 e. The number of urea groups is 1. The summed E-state index contributed by atoms with van der Waals surface area (Å²) in [4.78, 5) is 12.4. The summed E-state index contributed by atoms with van der Waals surface area (Å²) in [6, 6.07) is 17.4. The normalized spacial score (nSPS) is 14.8. The van der Waals surface area contributed by atoms with Crippen LogP contribution in [0.1, 0.15) is 62.6 Å². The number of carbonyl (C=O) groups is 1. The molecule has 0 radical (unpaired) electrons. The molecule has 0 bridgehead atoms. The van der Waals surface area contributed by atoms with Crippen molar-refractivity contribution in [2.75, 3.05) is 5.32 Å². The van der Waals surface area contributed by atoms with E-state index >= 15 is 0 Å². The number of benzene rings is 2. The van der Waals surface area contributed by atoms with E-state index in [1.54, 1.807) is 0 Å². The first-order chi connectivity index (χ1) is 13.6. The van der Waals surface area contributed by atoms with E-state index in [0.717, 1.165) is 37.8 Å². The van der Waals surface area contributed by atoms with E-state index in [2.05, 4.69) is 54.8 Å². The second-order valence-electron chi connectivity index (χ2n) is 8.51. The zero-order chi connectivity index (χ0) is 19.8. The first-order valence-corrected chi connectivity index (χ1v) is 10.8. The van der Waals surface area contributed by atoms with Gasteiger partial charge in [-0.15, -0.1) is 0 Å². The van der Waals surface area contributed by atoms with Crippen LogP contribution < -0.4 is 10.6 Å². The Bertz CT molecular complexity index is 745. The Morgan fingerprint density at radius 2 is 1.61 bits per heavy atom. The Kier molecular flexibility index (Phi) is 7.53. The minimum absolute atomic E-state index is 0.0719. The second kappa shape index (κ2) is 10.3. The quantitative estimate of drug-likeness (QED) is 0.598. The van der Waals surface area contributed by atoms with Gasteiger partial charge < -0.3 is 10.6 Å². The van der Waals surface area contributed by atoms with Gasteiger partial charge in [-0.25, -0.2) is 4.79 Å². The van der Waals surface area contributed by atoms with Crippen LogP contribution in [-0.4, -0.2) is 12.1 Å². The van der Waals surface area contributed by atoms with Crippen molar-refractivity contribution in [1.29, 1.82) is 0 Å². The monoisotopic (exact) mass is 378 g/mol. The summed E-state index contributed by atoms with van der Waals surface area (Å²) >= 11 is 0. The summed E-state index contributed by atoms with van der Waals surface area (Å²) in [6.07, 6.45) is 8.96. The van der Waals surface area contributed by atoms with Crippen molar-refractivity contribution in [3.63, 3.8) is 0 Å². The van der Waals surface area contributed by atoms with Crippen molar-refractivity contribution in [2.45, 2.75) is 71.3 Å².